The maximum Gasteiger partial charge on any atom is 0.401 e. The lowest BCUT2D eigenvalue weighted by atomic mass is 9.73. The van der Waals surface area contributed by atoms with E-state index in [0.717, 1.165) is 45.9 Å². The molecule has 0 radical (unpaired) electrons. The van der Waals surface area contributed by atoms with Crippen molar-refractivity contribution in [3.05, 3.63) is 57.6 Å². The Balaban J connectivity index is 1.27. The zero-order valence-corrected chi connectivity index (χ0v) is 26.7. The molecule has 0 bridgehead atoms. The minimum absolute atomic E-state index is 0.0577. The van der Waals surface area contributed by atoms with Gasteiger partial charge in [-0.1, -0.05) is 37.5 Å². The molecule has 7 nitrogen and oxygen atoms in total. The largest absolute Gasteiger partial charge is 0.478 e. The molecule has 244 valence electrons. The highest BCUT2D eigenvalue weighted by molar-refractivity contribution is 6.07. The van der Waals surface area contributed by atoms with Gasteiger partial charge in [0.05, 0.1) is 35.8 Å². The summed E-state index contributed by atoms with van der Waals surface area (Å²) in [5.74, 6) is 0.435. The number of hydrogen-bond acceptors (Lipinski definition) is 6. The summed E-state index contributed by atoms with van der Waals surface area (Å²) in [7, 11) is 1.73. The predicted octanol–water partition coefficient (Wildman–Crippen LogP) is 5.01. The molecule has 3 aliphatic heterocycles. The standard InChI is InChI=1S/C35H46F3N5O2/c1-26(10-15-31(39-2)45-23-9-20-42-18-7-5-4-6-8-19-42)27-11-13-28-29(14-12-27)40-24-30-32(28)34(33(44)41(30)3)16-21-43(22-17-34)25-35(36,37)38/h10,12-15,24H,2,4-9,11,16-23,25H2,1,3H3/b26-10+,31-15+. The van der Waals surface area contributed by atoms with Gasteiger partial charge in [0.15, 0.2) is 0 Å². The number of halogens is 3. The molecule has 4 aliphatic rings. The van der Waals surface area contributed by atoms with Crippen molar-refractivity contribution in [1.29, 1.82) is 0 Å². The smallest absolute Gasteiger partial charge is 0.401 e. The summed E-state index contributed by atoms with van der Waals surface area (Å²) < 4.78 is 45.1. The average molecular weight is 626 g/mol. The van der Waals surface area contributed by atoms with Gasteiger partial charge < -0.3 is 14.5 Å². The van der Waals surface area contributed by atoms with E-state index in [9.17, 15) is 18.0 Å². The molecule has 5 rings (SSSR count). The Morgan fingerprint density at radius 3 is 2.47 bits per heavy atom. The monoisotopic (exact) mass is 625 g/mol. The number of likely N-dealkylation sites (tertiary alicyclic amines) is 2. The molecular formula is C35H46F3N5O2. The van der Waals surface area contributed by atoms with E-state index in [1.807, 2.05) is 31.2 Å². The number of carbonyl (C=O) groups is 1. The van der Waals surface area contributed by atoms with Crippen LogP contribution in [0.1, 0.15) is 70.3 Å². The van der Waals surface area contributed by atoms with Crippen molar-refractivity contribution in [3.8, 4) is 0 Å². The second kappa shape index (κ2) is 14.5. The number of aliphatic imine (C=N–C) groups is 1. The molecule has 0 saturated carbocycles. The number of carbonyl (C=O) groups excluding carboxylic acids is 1. The summed E-state index contributed by atoms with van der Waals surface area (Å²) in [5.41, 5.74) is 2.94. The normalized spacial score (nSPS) is 21.6. The number of allylic oxidation sites excluding steroid dienone is 5. The minimum atomic E-state index is -4.26. The number of pyridine rings is 1. The van der Waals surface area contributed by atoms with Crippen LogP contribution in [0.5, 0.6) is 0 Å². The van der Waals surface area contributed by atoms with Crippen LogP contribution in [0, 0.1) is 0 Å². The predicted molar refractivity (Wildman–Crippen MR) is 173 cm³/mol. The Morgan fingerprint density at radius 2 is 1.78 bits per heavy atom. The van der Waals surface area contributed by atoms with Crippen LogP contribution in [0.4, 0.5) is 18.9 Å². The summed E-state index contributed by atoms with van der Waals surface area (Å²) in [4.78, 5) is 28.0. The number of rotatable bonds is 9. The first-order valence-electron chi connectivity index (χ1n) is 16.3. The van der Waals surface area contributed by atoms with Gasteiger partial charge in [0.25, 0.3) is 0 Å². The fourth-order valence-electron chi connectivity index (χ4n) is 7.18. The lowest BCUT2D eigenvalue weighted by Gasteiger charge is -2.38. The Kier molecular flexibility index (Phi) is 10.6. The van der Waals surface area contributed by atoms with Crippen molar-refractivity contribution in [1.82, 2.24) is 14.8 Å². The van der Waals surface area contributed by atoms with Crippen LogP contribution in [-0.4, -0.2) is 86.5 Å². The fourth-order valence-corrected chi connectivity index (χ4v) is 7.18. The highest BCUT2D eigenvalue weighted by Gasteiger charge is 2.52. The molecule has 1 aliphatic carbocycles. The van der Waals surface area contributed by atoms with Gasteiger partial charge >= 0.3 is 6.18 Å². The zero-order valence-electron chi connectivity index (χ0n) is 26.7. The van der Waals surface area contributed by atoms with Crippen LogP contribution >= 0.6 is 0 Å². The van der Waals surface area contributed by atoms with E-state index in [0.29, 0.717) is 31.8 Å². The summed E-state index contributed by atoms with van der Waals surface area (Å²) in [6, 6.07) is 0. The number of anilines is 1. The number of likely N-dealkylation sites (N-methyl/N-ethyl adjacent to an activating group) is 1. The number of piperidine rings is 1. The molecule has 1 amide bonds. The van der Waals surface area contributed by atoms with Gasteiger partial charge in [-0.2, -0.15) is 13.2 Å². The van der Waals surface area contributed by atoms with Gasteiger partial charge in [-0.3, -0.25) is 14.7 Å². The highest BCUT2D eigenvalue weighted by Crippen LogP contribution is 2.45. The van der Waals surface area contributed by atoms with Crippen molar-refractivity contribution >= 4 is 30.5 Å². The molecule has 0 aromatic carbocycles. The van der Waals surface area contributed by atoms with Crippen molar-refractivity contribution in [2.75, 3.05) is 57.8 Å². The molecule has 2 fully saturated rings. The van der Waals surface area contributed by atoms with Crippen molar-refractivity contribution in [2.24, 2.45) is 4.99 Å². The van der Waals surface area contributed by atoms with Gasteiger partial charge in [0, 0.05) is 30.5 Å². The van der Waals surface area contributed by atoms with Crippen molar-refractivity contribution < 1.29 is 22.7 Å². The van der Waals surface area contributed by atoms with E-state index in [1.54, 1.807) is 18.1 Å². The average Bonchev–Trinajstić information content (AvgIpc) is 3.12. The molecule has 10 heteroatoms. The molecule has 0 atom stereocenters. The first kappa shape index (κ1) is 33.1. The number of nitrogens with zero attached hydrogens (tertiary/aromatic N) is 5. The molecule has 1 aromatic heterocycles. The molecule has 4 heterocycles. The second-order valence-electron chi connectivity index (χ2n) is 12.7. The number of fused-ring (bicyclic) bond motifs is 4. The summed E-state index contributed by atoms with van der Waals surface area (Å²) in [6.07, 6.45) is 16.3. The maximum absolute atomic E-state index is 13.6. The van der Waals surface area contributed by atoms with E-state index in [-0.39, 0.29) is 19.0 Å². The second-order valence-corrected chi connectivity index (χ2v) is 12.7. The third kappa shape index (κ3) is 7.77. The van der Waals surface area contributed by atoms with Crippen LogP contribution in [0.3, 0.4) is 0 Å². The number of hydrogen-bond donors (Lipinski definition) is 0. The quantitative estimate of drug-likeness (QED) is 0.167. The van der Waals surface area contributed by atoms with E-state index < -0.39 is 18.1 Å². The van der Waals surface area contributed by atoms with Gasteiger partial charge in [0.2, 0.25) is 11.8 Å². The molecule has 45 heavy (non-hydrogen) atoms. The van der Waals surface area contributed by atoms with Crippen LogP contribution in [0.15, 0.2) is 46.4 Å². The Morgan fingerprint density at radius 1 is 1.07 bits per heavy atom. The number of amides is 1. The Labute approximate surface area is 264 Å². The van der Waals surface area contributed by atoms with Gasteiger partial charge in [-0.05, 0) is 95.6 Å². The lowest BCUT2D eigenvalue weighted by molar-refractivity contribution is -0.150. The molecule has 0 unspecified atom stereocenters. The number of aromatic nitrogens is 1. The molecule has 1 spiro atoms. The van der Waals surface area contributed by atoms with Crippen molar-refractivity contribution in [3.63, 3.8) is 0 Å². The van der Waals surface area contributed by atoms with Gasteiger partial charge in [0.1, 0.15) is 0 Å². The Hall–Kier alpha value is -3.24. The molecule has 1 aromatic rings. The van der Waals surface area contributed by atoms with E-state index in [1.165, 1.54) is 50.1 Å². The van der Waals surface area contributed by atoms with Crippen LogP contribution in [-0.2, 0) is 14.9 Å². The van der Waals surface area contributed by atoms with Gasteiger partial charge in [-0.25, -0.2) is 4.99 Å². The maximum atomic E-state index is 13.6. The van der Waals surface area contributed by atoms with Crippen LogP contribution in [0.25, 0.3) is 12.2 Å². The number of ether oxygens (including phenoxy) is 1. The summed E-state index contributed by atoms with van der Waals surface area (Å²) >= 11 is 0. The van der Waals surface area contributed by atoms with Crippen LogP contribution < -0.4 is 15.5 Å². The summed E-state index contributed by atoms with van der Waals surface area (Å²) in [6.45, 7) is 9.18. The van der Waals surface area contributed by atoms with Gasteiger partial charge in [-0.15, -0.1) is 0 Å². The molecule has 2 saturated heterocycles. The van der Waals surface area contributed by atoms with E-state index >= 15 is 0 Å². The van der Waals surface area contributed by atoms with Crippen LogP contribution in [0.2, 0.25) is 0 Å². The third-order valence-electron chi connectivity index (χ3n) is 9.72. The zero-order chi connectivity index (χ0) is 32.0. The first-order valence-corrected chi connectivity index (χ1v) is 16.3. The van der Waals surface area contributed by atoms with E-state index in [2.05, 4.69) is 27.7 Å². The fraction of sp³-hybridized carbons (Fsp3) is 0.571. The van der Waals surface area contributed by atoms with Crippen molar-refractivity contribution in [2.45, 2.75) is 76.3 Å². The number of alkyl halides is 3. The van der Waals surface area contributed by atoms with E-state index in [4.69, 9.17) is 4.74 Å². The third-order valence-corrected chi connectivity index (χ3v) is 9.72. The molecular weight excluding hydrogens is 579 g/mol. The first-order chi connectivity index (χ1) is 21.6. The Bertz CT molecular complexity index is 1460. The highest BCUT2D eigenvalue weighted by atomic mass is 19.4. The summed E-state index contributed by atoms with van der Waals surface area (Å²) in [5, 5.41) is 1.67. The molecule has 0 N–H and O–H groups in total. The lowest BCUT2D eigenvalue weighted by Crippen LogP contribution is -2.51. The minimum Gasteiger partial charge on any atom is -0.478 e. The SMILES string of the molecule is C=N/C(=C\C=C(/C)C1=CC=c2ncc3c(c2=CC1)C1(CCN(CC(F)(F)F)CC1)C(=O)N3C)OCCCN1CCCCCCC1. The topological polar surface area (TPSA) is 61.3 Å².